The number of rotatable bonds is 0. The Morgan fingerprint density at radius 3 is 1.61 bits per heavy atom. The van der Waals surface area contributed by atoms with Crippen LogP contribution in [0, 0.1) is 0 Å². The fourth-order valence-electron chi connectivity index (χ4n) is 4.77. The van der Waals surface area contributed by atoms with Crippen LogP contribution in [0.4, 0.5) is 0 Å². The van der Waals surface area contributed by atoms with Crippen LogP contribution in [0.15, 0.2) is 72.1 Å². The Morgan fingerprint density at radius 1 is 0.609 bits per heavy atom. The molecule has 5 rings (SSSR count). The Morgan fingerprint density at radius 2 is 1.09 bits per heavy atom. The largest absolute Gasteiger partial charge is 0.368 e. The van der Waals surface area contributed by atoms with E-state index in [1.54, 1.807) is 33.4 Å². The summed E-state index contributed by atoms with van der Waals surface area (Å²) >= 11 is 0. The van der Waals surface area contributed by atoms with Gasteiger partial charge in [0.25, 0.3) is 0 Å². The summed E-state index contributed by atoms with van der Waals surface area (Å²) < 4.78 is 0. The molecule has 0 saturated heterocycles. The van der Waals surface area contributed by atoms with Crippen LogP contribution in [-0.4, -0.2) is 0 Å². The lowest BCUT2D eigenvalue weighted by molar-refractivity contribution is 0.576. The monoisotopic (exact) mass is 299 g/mol. The van der Waals surface area contributed by atoms with E-state index in [0.29, 0.717) is 11.8 Å². The molecule has 0 aromatic heterocycles. The van der Waals surface area contributed by atoms with Gasteiger partial charge in [0.1, 0.15) is 0 Å². The topological polar surface area (TPSA) is 12.0 Å². The predicted molar refractivity (Wildman–Crippen MR) is 94.3 cm³/mol. The van der Waals surface area contributed by atoms with Gasteiger partial charge in [-0.3, -0.25) is 0 Å². The van der Waals surface area contributed by atoms with Crippen molar-refractivity contribution in [3.05, 3.63) is 94.3 Å². The molecule has 2 unspecified atom stereocenters. The van der Waals surface area contributed by atoms with Gasteiger partial charge in [-0.05, 0) is 59.1 Å². The van der Waals surface area contributed by atoms with Crippen LogP contribution in [0.25, 0.3) is 0 Å². The summed E-state index contributed by atoms with van der Waals surface area (Å²) in [5, 5.41) is 3.48. The number of allylic oxidation sites excluding steroid dienone is 2. The first-order chi connectivity index (χ1) is 11.4. The molecule has 0 radical (unpaired) electrons. The van der Waals surface area contributed by atoms with E-state index >= 15 is 0 Å². The maximum Gasteiger partial charge on any atom is 0.0175 e. The van der Waals surface area contributed by atoms with E-state index in [2.05, 4.69) is 66.2 Å². The van der Waals surface area contributed by atoms with Gasteiger partial charge >= 0.3 is 0 Å². The van der Waals surface area contributed by atoms with E-state index in [4.69, 9.17) is 0 Å². The summed E-state index contributed by atoms with van der Waals surface area (Å²) in [6.45, 7) is 0. The van der Waals surface area contributed by atoms with Crippen LogP contribution in [0.3, 0.4) is 0 Å². The van der Waals surface area contributed by atoms with Crippen molar-refractivity contribution in [1.82, 2.24) is 5.32 Å². The summed E-state index contributed by atoms with van der Waals surface area (Å²) in [4.78, 5) is 0. The Balaban J connectivity index is 1.74. The number of fused-ring (bicyclic) bond motifs is 7. The molecule has 1 heterocycles. The summed E-state index contributed by atoms with van der Waals surface area (Å²) in [7, 11) is 0. The van der Waals surface area contributed by atoms with Crippen molar-refractivity contribution in [2.24, 2.45) is 0 Å². The SMILES string of the molecule is C1=C2CCc3ccccc3C2C2C(=CN1)CCc1ccccc12. The minimum atomic E-state index is 0.502. The number of aryl methyl sites for hydroxylation is 2. The second-order valence-electron chi connectivity index (χ2n) is 6.96. The maximum atomic E-state index is 3.48. The number of benzene rings is 2. The zero-order chi connectivity index (χ0) is 15.2. The molecule has 114 valence electrons. The third-order valence-corrected chi connectivity index (χ3v) is 5.82. The molecule has 2 aliphatic carbocycles. The molecule has 1 aliphatic heterocycles. The van der Waals surface area contributed by atoms with Crippen LogP contribution in [0.5, 0.6) is 0 Å². The zero-order valence-electron chi connectivity index (χ0n) is 13.3. The first-order valence-electron chi connectivity index (χ1n) is 8.71. The molecule has 2 aromatic rings. The number of hydrogen-bond acceptors (Lipinski definition) is 1. The first kappa shape index (κ1) is 13.2. The molecule has 3 aliphatic rings. The lowest BCUT2D eigenvalue weighted by Gasteiger charge is -2.38. The Kier molecular flexibility index (Phi) is 2.94. The highest BCUT2D eigenvalue weighted by Gasteiger charge is 2.37. The van der Waals surface area contributed by atoms with Crippen LogP contribution in [0.1, 0.15) is 46.9 Å². The molecule has 1 nitrogen and oxygen atoms in total. The quantitative estimate of drug-likeness (QED) is 0.735. The van der Waals surface area contributed by atoms with Crippen molar-refractivity contribution in [3.8, 4) is 0 Å². The van der Waals surface area contributed by atoms with Crippen molar-refractivity contribution in [1.29, 1.82) is 0 Å². The van der Waals surface area contributed by atoms with Crippen molar-refractivity contribution < 1.29 is 0 Å². The van der Waals surface area contributed by atoms with Gasteiger partial charge in [0.15, 0.2) is 0 Å². The molecule has 0 bridgehead atoms. The van der Waals surface area contributed by atoms with Gasteiger partial charge in [0, 0.05) is 24.2 Å². The van der Waals surface area contributed by atoms with Crippen molar-refractivity contribution in [3.63, 3.8) is 0 Å². The second kappa shape index (κ2) is 5.13. The molecule has 0 spiro atoms. The van der Waals surface area contributed by atoms with E-state index < -0.39 is 0 Å². The predicted octanol–water partition coefficient (Wildman–Crippen LogP) is 4.82. The van der Waals surface area contributed by atoms with E-state index in [-0.39, 0.29) is 0 Å². The fraction of sp³-hybridized carbons (Fsp3) is 0.273. The Hall–Kier alpha value is -2.28. The average molecular weight is 299 g/mol. The van der Waals surface area contributed by atoms with Gasteiger partial charge in [-0.2, -0.15) is 0 Å². The average Bonchev–Trinajstić information content (AvgIpc) is 2.81. The van der Waals surface area contributed by atoms with Crippen LogP contribution < -0.4 is 5.32 Å². The maximum absolute atomic E-state index is 3.48. The molecular formula is C22H21N. The van der Waals surface area contributed by atoms with Gasteiger partial charge in [0.2, 0.25) is 0 Å². The fourth-order valence-corrected chi connectivity index (χ4v) is 4.77. The van der Waals surface area contributed by atoms with Crippen LogP contribution >= 0.6 is 0 Å². The zero-order valence-corrected chi connectivity index (χ0v) is 13.3. The lowest BCUT2D eigenvalue weighted by Crippen LogP contribution is -2.24. The third kappa shape index (κ3) is 1.99. The molecule has 23 heavy (non-hydrogen) atoms. The van der Waals surface area contributed by atoms with Crippen molar-refractivity contribution >= 4 is 0 Å². The second-order valence-corrected chi connectivity index (χ2v) is 6.96. The standard InChI is InChI=1S/C22H21N/c1-3-7-19-15(5-1)9-11-17-13-23-14-18-12-10-16-6-2-4-8-20(16)22(18)21(17)19/h1-8,13-14,21-23H,9-12H2. The van der Waals surface area contributed by atoms with Crippen molar-refractivity contribution in [2.75, 3.05) is 0 Å². The van der Waals surface area contributed by atoms with Crippen LogP contribution in [0.2, 0.25) is 0 Å². The molecular weight excluding hydrogens is 278 g/mol. The van der Waals surface area contributed by atoms with E-state index in [1.165, 1.54) is 25.7 Å². The highest BCUT2D eigenvalue weighted by Crippen LogP contribution is 2.51. The Bertz CT molecular complexity index is 758. The first-order valence-corrected chi connectivity index (χ1v) is 8.71. The van der Waals surface area contributed by atoms with Gasteiger partial charge in [0.05, 0.1) is 0 Å². The van der Waals surface area contributed by atoms with E-state index in [9.17, 15) is 0 Å². The normalized spacial score (nSPS) is 24.7. The molecule has 0 saturated carbocycles. The highest BCUT2D eigenvalue weighted by molar-refractivity contribution is 5.51. The molecule has 1 heteroatoms. The Labute approximate surface area is 137 Å². The smallest absolute Gasteiger partial charge is 0.0175 e. The van der Waals surface area contributed by atoms with E-state index in [1.807, 2.05) is 0 Å². The number of nitrogens with one attached hydrogen (secondary N) is 1. The van der Waals surface area contributed by atoms with Crippen molar-refractivity contribution in [2.45, 2.75) is 37.5 Å². The minimum absolute atomic E-state index is 0.502. The van der Waals surface area contributed by atoms with E-state index in [0.717, 1.165) is 0 Å². The third-order valence-electron chi connectivity index (χ3n) is 5.82. The van der Waals surface area contributed by atoms with Gasteiger partial charge < -0.3 is 5.32 Å². The lowest BCUT2D eigenvalue weighted by atomic mass is 9.65. The summed E-state index contributed by atoms with van der Waals surface area (Å²) in [5.74, 6) is 1.00. The molecule has 2 atom stereocenters. The molecule has 1 N–H and O–H groups in total. The number of hydrogen-bond donors (Lipinski definition) is 1. The summed E-state index contributed by atoms with van der Waals surface area (Å²) in [5.41, 5.74) is 9.30. The highest BCUT2D eigenvalue weighted by atomic mass is 14.8. The van der Waals surface area contributed by atoms with Gasteiger partial charge in [-0.15, -0.1) is 0 Å². The minimum Gasteiger partial charge on any atom is -0.368 e. The molecule has 2 aromatic carbocycles. The molecule has 0 fully saturated rings. The van der Waals surface area contributed by atoms with Gasteiger partial charge in [-0.25, -0.2) is 0 Å². The molecule has 0 amide bonds. The van der Waals surface area contributed by atoms with Crippen LogP contribution in [-0.2, 0) is 12.8 Å². The summed E-state index contributed by atoms with van der Waals surface area (Å²) in [6, 6.07) is 18.1. The van der Waals surface area contributed by atoms with Gasteiger partial charge in [-0.1, -0.05) is 48.5 Å². The summed E-state index contributed by atoms with van der Waals surface area (Å²) in [6.07, 6.45) is 9.24.